The lowest BCUT2D eigenvalue weighted by atomic mass is 10.3. The van der Waals surface area contributed by atoms with Crippen LogP contribution < -0.4 is 5.73 Å². The van der Waals surface area contributed by atoms with Gasteiger partial charge in [0.1, 0.15) is 23.8 Å². The molecule has 0 unspecified atom stereocenters. The van der Waals surface area contributed by atoms with E-state index in [0.717, 1.165) is 18.2 Å². The Hall–Kier alpha value is -2.57. The number of nitrogens with two attached hydrogens (primary N) is 1. The van der Waals surface area contributed by atoms with Crippen molar-refractivity contribution in [3.8, 4) is 5.69 Å². The molecule has 2 heterocycles. The van der Waals surface area contributed by atoms with E-state index in [1.165, 1.54) is 17.2 Å². The molecule has 0 saturated heterocycles. The van der Waals surface area contributed by atoms with Crippen LogP contribution in [0.25, 0.3) is 16.7 Å². The van der Waals surface area contributed by atoms with E-state index in [4.69, 9.17) is 5.73 Å². The van der Waals surface area contributed by atoms with Gasteiger partial charge < -0.3 is 5.73 Å². The highest BCUT2D eigenvalue weighted by molar-refractivity contribution is 5.85. The fourth-order valence-electron chi connectivity index (χ4n) is 1.71. The van der Waals surface area contributed by atoms with Crippen LogP contribution in [0.1, 0.15) is 0 Å². The molecule has 0 aliphatic heterocycles. The minimum atomic E-state index is -0.685. The van der Waals surface area contributed by atoms with Gasteiger partial charge in [-0.05, 0) is 12.1 Å². The normalized spacial score (nSPS) is 11.0. The Kier molecular flexibility index (Phi) is 2.19. The van der Waals surface area contributed by atoms with E-state index in [1.54, 1.807) is 0 Å². The van der Waals surface area contributed by atoms with Crippen molar-refractivity contribution in [2.45, 2.75) is 0 Å². The van der Waals surface area contributed by atoms with Crippen molar-refractivity contribution in [1.29, 1.82) is 0 Å². The van der Waals surface area contributed by atoms with Crippen LogP contribution in [0, 0.1) is 11.6 Å². The van der Waals surface area contributed by atoms with E-state index >= 15 is 0 Å². The van der Waals surface area contributed by atoms with Crippen LogP contribution >= 0.6 is 0 Å². The molecule has 2 N–H and O–H groups in total. The van der Waals surface area contributed by atoms with Gasteiger partial charge in [-0.25, -0.2) is 23.4 Å². The zero-order valence-corrected chi connectivity index (χ0v) is 9.01. The van der Waals surface area contributed by atoms with Gasteiger partial charge in [-0.3, -0.25) is 0 Å². The Morgan fingerprint density at radius 2 is 1.78 bits per heavy atom. The highest BCUT2D eigenvalue weighted by Crippen LogP contribution is 2.20. The summed E-state index contributed by atoms with van der Waals surface area (Å²) in [5.41, 5.74) is 6.29. The largest absolute Gasteiger partial charge is 0.383 e. The molecule has 0 bridgehead atoms. The lowest BCUT2D eigenvalue weighted by Gasteiger charge is -2.03. The smallest absolute Gasteiger partial charge is 0.168 e. The van der Waals surface area contributed by atoms with Crippen LogP contribution in [0.3, 0.4) is 0 Å². The lowest BCUT2D eigenvalue weighted by Crippen LogP contribution is -2.00. The topological polar surface area (TPSA) is 69.6 Å². The Balaban J connectivity index is 2.29. The molecule has 0 saturated carbocycles. The van der Waals surface area contributed by atoms with E-state index in [0.29, 0.717) is 11.0 Å². The van der Waals surface area contributed by atoms with Crippen molar-refractivity contribution < 1.29 is 8.78 Å². The van der Waals surface area contributed by atoms with E-state index in [1.807, 2.05) is 0 Å². The molecule has 0 spiro atoms. The first-order valence-corrected chi connectivity index (χ1v) is 5.06. The lowest BCUT2D eigenvalue weighted by molar-refractivity contribution is 0.580. The van der Waals surface area contributed by atoms with E-state index in [-0.39, 0.29) is 11.5 Å². The van der Waals surface area contributed by atoms with Gasteiger partial charge in [0.2, 0.25) is 0 Å². The number of halogens is 2. The molecule has 3 rings (SSSR count). The average molecular weight is 247 g/mol. The zero-order chi connectivity index (χ0) is 12.7. The summed E-state index contributed by atoms with van der Waals surface area (Å²) >= 11 is 0. The summed E-state index contributed by atoms with van der Waals surface area (Å²) in [6.45, 7) is 0. The van der Waals surface area contributed by atoms with Gasteiger partial charge >= 0.3 is 0 Å². The summed E-state index contributed by atoms with van der Waals surface area (Å²) in [7, 11) is 0. The van der Waals surface area contributed by atoms with Gasteiger partial charge in [0, 0.05) is 6.07 Å². The molecule has 0 fully saturated rings. The van der Waals surface area contributed by atoms with Crippen molar-refractivity contribution >= 4 is 16.9 Å². The highest BCUT2D eigenvalue weighted by Gasteiger charge is 2.10. The number of nitrogens with zero attached hydrogens (tertiary/aromatic N) is 4. The number of hydrogen-bond acceptors (Lipinski definition) is 4. The number of aromatic nitrogens is 4. The van der Waals surface area contributed by atoms with Gasteiger partial charge in [0.15, 0.2) is 5.65 Å². The van der Waals surface area contributed by atoms with Crippen molar-refractivity contribution in [1.82, 2.24) is 19.7 Å². The molecule has 18 heavy (non-hydrogen) atoms. The Morgan fingerprint density at radius 3 is 2.50 bits per heavy atom. The number of nitrogen functional groups attached to an aromatic ring is 1. The van der Waals surface area contributed by atoms with Gasteiger partial charge in [-0.2, -0.15) is 5.10 Å². The summed E-state index contributed by atoms with van der Waals surface area (Å²) in [6, 6.07) is 3.11. The van der Waals surface area contributed by atoms with Crippen molar-refractivity contribution in [2.75, 3.05) is 5.73 Å². The molecule has 0 amide bonds. The maximum atomic E-state index is 13.2. The molecule has 7 heteroatoms. The van der Waals surface area contributed by atoms with E-state index in [9.17, 15) is 8.78 Å². The Labute approximate surface area is 99.9 Å². The second-order valence-corrected chi connectivity index (χ2v) is 3.68. The standard InChI is InChI=1S/C11H7F2N5/c12-6-1-7(13)3-8(2-6)18-11-9(4-17-18)10(14)15-5-16-11/h1-5H,(H2,14,15,16). The molecule has 0 aliphatic carbocycles. The first-order valence-electron chi connectivity index (χ1n) is 5.06. The zero-order valence-electron chi connectivity index (χ0n) is 9.01. The third-order valence-corrected chi connectivity index (χ3v) is 2.49. The van der Waals surface area contributed by atoms with Crippen LogP contribution in [-0.4, -0.2) is 19.7 Å². The fraction of sp³-hybridized carbons (Fsp3) is 0. The van der Waals surface area contributed by atoms with Gasteiger partial charge in [-0.15, -0.1) is 0 Å². The number of fused-ring (bicyclic) bond motifs is 1. The highest BCUT2D eigenvalue weighted by atomic mass is 19.1. The molecule has 0 radical (unpaired) electrons. The summed E-state index contributed by atoms with van der Waals surface area (Å²) in [6.07, 6.45) is 2.72. The van der Waals surface area contributed by atoms with Crippen LogP contribution in [0.2, 0.25) is 0 Å². The number of hydrogen-bond donors (Lipinski definition) is 1. The quantitative estimate of drug-likeness (QED) is 0.710. The predicted molar refractivity (Wildman–Crippen MR) is 61.0 cm³/mol. The summed E-state index contributed by atoms with van der Waals surface area (Å²) in [5, 5.41) is 4.54. The molecule has 5 nitrogen and oxygen atoms in total. The molecule has 90 valence electrons. The van der Waals surface area contributed by atoms with Crippen LogP contribution in [0.15, 0.2) is 30.7 Å². The third kappa shape index (κ3) is 1.56. The van der Waals surface area contributed by atoms with Gasteiger partial charge in [0.05, 0.1) is 17.3 Å². The van der Waals surface area contributed by atoms with Crippen molar-refractivity contribution in [2.24, 2.45) is 0 Å². The van der Waals surface area contributed by atoms with Gasteiger partial charge in [-0.1, -0.05) is 0 Å². The minimum absolute atomic E-state index is 0.237. The second-order valence-electron chi connectivity index (χ2n) is 3.68. The first kappa shape index (κ1) is 10.6. The monoisotopic (exact) mass is 247 g/mol. The molecule has 1 aromatic carbocycles. The van der Waals surface area contributed by atoms with Crippen LogP contribution in [0.5, 0.6) is 0 Å². The maximum Gasteiger partial charge on any atom is 0.168 e. The summed E-state index contributed by atoms with van der Waals surface area (Å²) in [5.74, 6) is -1.10. The van der Waals surface area contributed by atoms with Gasteiger partial charge in [0.25, 0.3) is 0 Å². The summed E-state index contributed by atoms with van der Waals surface area (Å²) < 4.78 is 27.6. The number of benzene rings is 1. The Bertz CT molecular complexity index is 717. The van der Waals surface area contributed by atoms with Crippen molar-refractivity contribution in [3.63, 3.8) is 0 Å². The summed E-state index contributed by atoms with van der Waals surface area (Å²) in [4.78, 5) is 7.82. The first-order chi connectivity index (χ1) is 8.65. The fourth-order valence-corrected chi connectivity index (χ4v) is 1.71. The number of anilines is 1. The third-order valence-electron chi connectivity index (χ3n) is 2.49. The Morgan fingerprint density at radius 1 is 1.06 bits per heavy atom. The molecule has 0 atom stereocenters. The molecule has 2 aromatic heterocycles. The van der Waals surface area contributed by atoms with Crippen LogP contribution in [0.4, 0.5) is 14.6 Å². The van der Waals surface area contributed by atoms with Crippen molar-refractivity contribution in [3.05, 3.63) is 42.4 Å². The number of rotatable bonds is 1. The van der Waals surface area contributed by atoms with E-state index < -0.39 is 11.6 Å². The van der Waals surface area contributed by atoms with E-state index in [2.05, 4.69) is 15.1 Å². The molecular weight excluding hydrogens is 240 g/mol. The maximum absolute atomic E-state index is 13.2. The minimum Gasteiger partial charge on any atom is -0.383 e. The predicted octanol–water partition coefficient (Wildman–Crippen LogP) is 1.68. The second kappa shape index (κ2) is 3.73. The SMILES string of the molecule is Nc1ncnc2c1cnn2-c1cc(F)cc(F)c1. The average Bonchev–Trinajstić information content (AvgIpc) is 2.73. The molecule has 0 aliphatic rings. The molecular formula is C11H7F2N5. The molecule has 3 aromatic rings. The van der Waals surface area contributed by atoms with Crippen LogP contribution in [-0.2, 0) is 0 Å².